The smallest absolute Gasteiger partial charge is 0.317 e. The summed E-state index contributed by atoms with van der Waals surface area (Å²) >= 11 is 0. The summed E-state index contributed by atoms with van der Waals surface area (Å²) in [4.78, 5) is 13.1. The van der Waals surface area contributed by atoms with Crippen LogP contribution in [0.25, 0.3) is 0 Å². The van der Waals surface area contributed by atoms with Gasteiger partial charge in [0.15, 0.2) is 0 Å². The van der Waals surface area contributed by atoms with Crippen molar-refractivity contribution in [2.45, 2.75) is 39.3 Å². The van der Waals surface area contributed by atoms with Gasteiger partial charge in [0, 0.05) is 23.7 Å². The predicted molar refractivity (Wildman–Crippen MR) is 82.1 cm³/mol. The Bertz CT molecular complexity index is 475. The zero-order chi connectivity index (χ0) is 16.0. The zero-order valence-electron chi connectivity index (χ0n) is 13.4. The molecular formula is C16H25NO4. The predicted octanol–water partition coefficient (Wildman–Crippen LogP) is 2.95. The molecule has 2 unspecified atom stereocenters. The number of aliphatic carboxylic acids is 1. The molecule has 0 aliphatic carbocycles. The van der Waals surface area contributed by atoms with Crippen molar-refractivity contribution in [2.75, 3.05) is 20.8 Å². The summed E-state index contributed by atoms with van der Waals surface area (Å²) < 4.78 is 10.6. The molecule has 1 N–H and O–H groups in total. The van der Waals surface area contributed by atoms with E-state index in [-0.39, 0.29) is 18.6 Å². The van der Waals surface area contributed by atoms with E-state index in [4.69, 9.17) is 14.6 Å². The second-order valence-corrected chi connectivity index (χ2v) is 5.11. The minimum Gasteiger partial charge on any atom is -0.497 e. The molecule has 0 radical (unpaired) electrons. The van der Waals surface area contributed by atoms with E-state index in [1.165, 1.54) is 0 Å². The van der Waals surface area contributed by atoms with Crippen LogP contribution in [-0.4, -0.2) is 42.8 Å². The number of methoxy groups -OCH3 is 2. The highest BCUT2D eigenvalue weighted by atomic mass is 16.5. The summed E-state index contributed by atoms with van der Waals surface area (Å²) in [5.41, 5.74) is 0.958. The van der Waals surface area contributed by atoms with Gasteiger partial charge >= 0.3 is 5.97 Å². The molecule has 1 aromatic rings. The molecule has 0 amide bonds. The highest BCUT2D eigenvalue weighted by Gasteiger charge is 2.25. The number of rotatable bonds is 8. The maximum Gasteiger partial charge on any atom is 0.317 e. The Morgan fingerprint density at radius 2 is 1.95 bits per heavy atom. The van der Waals surface area contributed by atoms with Crippen molar-refractivity contribution < 1.29 is 19.4 Å². The molecule has 0 spiro atoms. The maximum absolute atomic E-state index is 11.1. The molecular weight excluding hydrogens is 270 g/mol. The van der Waals surface area contributed by atoms with E-state index in [9.17, 15) is 4.79 Å². The van der Waals surface area contributed by atoms with Gasteiger partial charge < -0.3 is 14.6 Å². The molecule has 2 atom stereocenters. The lowest BCUT2D eigenvalue weighted by atomic mass is 10.0. The number of hydrogen-bond donors (Lipinski definition) is 1. The van der Waals surface area contributed by atoms with Crippen molar-refractivity contribution in [3.63, 3.8) is 0 Å². The van der Waals surface area contributed by atoms with Gasteiger partial charge in [0.05, 0.1) is 20.8 Å². The SMILES string of the molecule is CCC(C)N(CC(=O)O)C(C)c1ccc(OC)cc1OC. The Hall–Kier alpha value is -1.75. The Kier molecular flexibility index (Phi) is 6.49. The number of carbonyl (C=O) groups is 1. The first-order valence-corrected chi connectivity index (χ1v) is 7.14. The number of carboxylic acids is 1. The van der Waals surface area contributed by atoms with Gasteiger partial charge in [-0.05, 0) is 26.3 Å². The molecule has 5 nitrogen and oxygen atoms in total. The molecule has 0 bridgehead atoms. The van der Waals surface area contributed by atoms with Crippen LogP contribution in [-0.2, 0) is 4.79 Å². The van der Waals surface area contributed by atoms with E-state index in [0.29, 0.717) is 5.75 Å². The molecule has 118 valence electrons. The first-order chi connectivity index (χ1) is 9.94. The number of hydrogen-bond acceptors (Lipinski definition) is 4. The summed E-state index contributed by atoms with van der Waals surface area (Å²) in [6.07, 6.45) is 0.885. The fraction of sp³-hybridized carbons (Fsp3) is 0.562. The number of nitrogens with zero attached hydrogens (tertiary/aromatic N) is 1. The van der Waals surface area contributed by atoms with Gasteiger partial charge in [0.1, 0.15) is 11.5 Å². The van der Waals surface area contributed by atoms with Crippen molar-refractivity contribution in [1.29, 1.82) is 0 Å². The minimum atomic E-state index is -0.824. The standard InChI is InChI=1S/C16H25NO4/c1-6-11(2)17(10-16(18)19)12(3)14-8-7-13(20-4)9-15(14)21-5/h7-9,11-12H,6,10H2,1-5H3,(H,18,19). The van der Waals surface area contributed by atoms with Crippen LogP contribution < -0.4 is 9.47 Å². The quantitative estimate of drug-likeness (QED) is 0.799. The van der Waals surface area contributed by atoms with Crippen molar-refractivity contribution in [3.05, 3.63) is 23.8 Å². The van der Waals surface area contributed by atoms with Crippen LogP contribution in [0.15, 0.2) is 18.2 Å². The third-order valence-corrected chi connectivity index (χ3v) is 3.86. The zero-order valence-corrected chi connectivity index (χ0v) is 13.4. The van der Waals surface area contributed by atoms with Gasteiger partial charge in [-0.15, -0.1) is 0 Å². The van der Waals surface area contributed by atoms with E-state index in [1.807, 2.05) is 36.9 Å². The molecule has 1 aromatic carbocycles. The lowest BCUT2D eigenvalue weighted by Gasteiger charge is -2.33. The molecule has 0 aliphatic heterocycles. The van der Waals surface area contributed by atoms with E-state index < -0.39 is 5.97 Å². The summed E-state index contributed by atoms with van der Waals surface area (Å²) in [6.45, 7) is 6.09. The maximum atomic E-state index is 11.1. The van der Waals surface area contributed by atoms with E-state index >= 15 is 0 Å². The average Bonchev–Trinajstić information content (AvgIpc) is 2.50. The van der Waals surface area contributed by atoms with Crippen LogP contribution in [0.4, 0.5) is 0 Å². The minimum absolute atomic E-state index is 0.00531. The van der Waals surface area contributed by atoms with Gasteiger partial charge in [-0.3, -0.25) is 9.69 Å². The molecule has 5 heteroatoms. The van der Waals surface area contributed by atoms with Crippen LogP contribution >= 0.6 is 0 Å². The molecule has 21 heavy (non-hydrogen) atoms. The van der Waals surface area contributed by atoms with Gasteiger partial charge in [-0.25, -0.2) is 0 Å². The molecule has 1 rings (SSSR count). The van der Waals surface area contributed by atoms with Gasteiger partial charge in [-0.2, -0.15) is 0 Å². The van der Waals surface area contributed by atoms with Crippen molar-refractivity contribution in [2.24, 2.45) is 0 Å². The van der Waals surface area contributed by atoms with Crippen LogP contribution in [0.1, 0.15) is 38.8 Å². The Balaban J connectivity index is 3.12. The highest BCUT2D eigenvalue weighted by Crippen LogP contribution is 2.33. The number of carboxylic acid groups (broad SMARTS) is 1. The van der Waals surface area contributed by atoms with Crippen molar-refractivity contribution in [1.82, 2.24) is 4.90 Å². The van der Waals surface area contributed by atoms with E-state index in [0.717, 1.165) is 17.7 Å². The fourth-order valence-corrected chi connectivity index (χ4v) is 2.41. The third kappa shape index (κ3) is 4.36. The van der Waals surface area contributed by atoms with Crippen LogP contribution in [0.2, 0.25) is 0 Å². The van der Waals surface area contributed by atoms with Crippen molar-refractivity contribution >= 4 is 5.97 Å². The Morgan fingerprint density at radius 3 is 2.43 bits per heavy atom. The van der Waals surface area contributed by atoms with E-state index in [2.05, 4.69) is 6.92 Å². The second-order valence-electron chi connectivity index (χ2n) is 5.11. The average molecular weight is 295 g/mol. The van der Waals surface area contributed by atoms with Crippen LogP contribution in [0.3, 0.4) is 0 Å². The largest absolute Gasteiger partial charge is 0.497 e. The normalized spacial score (nSPS) is 13.8. The lowest BCUT2D eigenvalue weighted by molar-refractivity contribution is -0.139. The number of benzene rings is 1. The van der Waals surface area contributed by atoms with Gasteiger partial charge in [0.2, 0.25) is 0 Å². The summed E-state index contributed by atoms with van der Waals surface area (Å²) in [5.74, 6) is 0.603. The molecule has 0 heterocycles. The summed E-state index contributed by atoms with van der Waals surface area (Å²) in [7, 11) is 3.21. The molecule has 0 saturated heterocycles. The first-order valence-electron chi connectivity index (χ1n) is 7.14. The fourth-order valence-electron chi connectivity index (χ4n) is 2.41. The molecule has 0 saturated carbocycles. The van der Waals surface area contributed by atoms with Crippen molar-refractivity contribution in [3.8, 4) is 11.5 Å². The molecule has 0 aliphatic rings. The Morgan fingerprint density at radius 1 is 1.29 bits per heavy atom. The second kappa shape index (κ2) is 7.88. The lowest BCUT2D eigenvalue weighted by Crippen LogP contribution is -2.39. The first kappa shape index (κ1) is 17.3. The summed E-state index contributed by atoms with van der Waals surface area (Å²) in [5, 5.41) is 9.14. The number of ether oxygens (including phenoxy) is 2. The molecule has 0 fully saturated rings. The molecule has 0 aromatic heterocycles. The Labute approximate surface area is 126 Å². The van der Waals surface area contributed by atoms with Crippen LogP contribution in [0, 0.1) is 0 Å². The van der Waals surface area contributed by atoms with E-state index in [1.54, 1.807) is 14.2 Å². The third-order valence-electron chi connectivity index (χ3n) is 3.86. The summed E-state index contributed by atoms with van der Waals surface area (Å²) in [6, 6.07) is 5.73. The van der Waals surface area contributed by atoms with Gasteiger partial charge in [0.25, 0.3) is 0 Å². The topological polar surface area (TPSA) is 59.0 Å². The van der Waals surface area contributed by atoms with Crippen LogP contribution in [0.5, 0.6) is 11.5 Å². The highest BCUT2D eigenvalue weighted by molar-refractivity contribution is 5.69. The van der Waals surface area contributed by atoms with Gasteiger partial charge in [-0.1, -0.05) is 13.0 Å². The monoisotopic (exact) mass is 295 g/mol.